The summed E-state index contributed by atoms with van der Waals surface area (Å²) in [6.45, 7) is 5.63. The molecule has 4 unspecified atom stereocenters. The molecule has 2 rings (SSSR count). The van der Waals surface area contributed by atoms with Crippen molar-refractivity contribution in [1.82, 2.24) is 5.32 Å². The molecule has 0 spiro atoms. The van der Waals surface area contributed by atoms with Gasteiger partial charge in [-0.3, -0.25) is 4.79 Å². The molecule has 2 N–H and O–H groups in total. The average Bonchev–Trinajstić information content (AvgIpc) is 2.49. The Kier molecular flexibility index (Phi) is 1.92. The minimum atomic E-state index is -0.639. The number of rotatable bonds is 1. The standard InChI is InChI=1S/C10H17NO3/c1-6-4-7-8(13)11-9(2,5-12)10(7,3)14-6/h6-7,12H,4-5H2,1-3H3,(H,11,13). The van der Waals surface area contributed by atoms with Crippen LogP contribution in [0, 0.1) is 5.92 Å². The zero-order valence-corrected chi connectivity index (χ0v) is 8.83. The summed E-state index contributed by atoms with van der Waals surface area (Å²) in [6, 6.07) is 0. The quantitative estimate of drug-likeness (QED) is 0.627. The maximum absolute atomic E-state index is 11.7. The average molecular weight is 199 g/mol. The lowest BCUT2D eigenvalue weighted by Gasteiger charge is -2.37. The lowest BCUT2D eigenvalue weighted by Crippen LogP contribution is -2.57. The lowest BCUT2D eigenvalue weighted by molar-refractivity contribution is -0.123. The molecule has 0 aromatic rings. The van der Waals surface area contributed by atoms with E-state index >= 15 is 0 Å². The van der Waals surface area contributed by atoms with Gasteiger partial charge in [0.05, 0.1) is 24.2 Å². The third kappa shape index (κ3) is 0.982. The van der Waals surface area contributed by atoms with Crippen molar-refractivity contribution in [1.29, 1.82) is 0 Å². The topological polar surface area (TPSA) is 58.6 Å². The van der Waals surface area contributed by atoms with Gasteiger partial charge in [0.15, 0.2) is 0 Å². The first kappa shape index (κ1) is 9.93. The zero-order chi connectivity index (χ0) is 10.6. The number of ether oxygens (including phenoxy) is 1. The summed E-state index contributed by atoms with van der Waals surface area (Å²) in [6.07, 6.45) is 0.847. The van der Waals surface area contributed by atoms with Crippen molar-refractivity contribution < 1.29 is 14.6 Å². The fourth-order valence-corrected chi connectivity index (χ4v) is 2.66. The minimum Gasteiger partial charge on any atom is -0.394 e. The number of hydrogen-bond donors (Lipinski definition) is 2. The van der Waals surface area contributed by atoms with E-state index in [0.29, 0.717) is 0 Å². The molecule has 0 aromatic heterocycles. The normalized spacial score (nSPS) is 51.9. The van der Waals surface area contributed by atoms with Crippen molar-refractivity contribution in [3.8, 4) is 0 Å². The second kappa shape index (κ2) is 2.70. The third-order valence-corrected chi connectivity index (χ3v) is 3.81. The van der Waals surface area contributed by atoms with Gasteiger partial charge in [-0.25, -0.2) is 0 Å². The lowest BCUT2D eigenvalue weighted by atomic mass is 9.78. The van der Waals surface area contributed by atoms with Crippen LogP contribution in [0.15, 0.2) is 0 Å². The van der Waals surface area contributed by atoms with Crippen LogP contribution in [-0.2, 0) is 9.53 Å². The highest BCUT2D eigenvalue weighted by molar-refractivity contribution is 5.85. The van der Waals surface area contributed by atoms with Crippen LogP contribution in [0.1, 0.15) is 27.2 Å². The maximum Gasteiger partial charge on any atom is 0.226 e. The second-order valence-corrected chi connectivity index (χ2v) is 4.80. The monoisotopic (exact) mass is 199 g/mol. The van der Waals surface area contributed by atoms with E-state index in [1.165, 1.54) is 0 Å². The van der Waals surface area contributed by atoms with Crippen LogP contribution in [0.5, 0.6) is 0 Å². The van der Waals surface area contributed by atoms with Crippen molar-refractivity contribution >= 4 is 5.91 Å². The molecule has 2 heterocycles. The first-order valence-corrected chi connectivity index (χ1v) is 5.03. The van der Waals surface area contributed by atoms with Crippen LogP contribution in [0.4, 0.5) is 0 Å². The van der Waals surface area contributed by atoms with Crippen molar-refractivity contribution in [2.45, 2.75) is 44.4 Å². The third-order valence-electron chi connectivity index (χ3n) is 3.81. The summed E-state index contributed by atoms with van der Waals surface area (Å²) >= 11 is 0. The molecule has 2 fully saturated rings. The van der Waals surface area contributed by atoms with Gasteiger partial charge < -0.3 is 15.2 Å². The molecule has 0 aromatic carbocycles. The number of hydrogen-bond acceptors (Lipinski definition) is 3. The number of amides is 1. The van der Waals surface area contributed by atoms with E-state index in [1.54, 1.807) is 0 Å². The molecule has 0 bridgehead atoms. The summed E-state index contributed by atoms with van der Waals surface area (Å²) in [4.78, 5) is 11.7. The number of aliphatic hydroxyl groups is 1. The maximum atomic E-state index is 11.7. The molecule has 0 aliphatic carbocycles. The SMILES string of the molecule is CC1CC2C(=O)NC(C)(CO)C2(C)O1. The Morgan fingerprint density at radius 3 is 2.86 bits per heavy atom. The molecule has 0 radical (unpaired) electrons. The number of carbonyl (C=O) groups is 1. The van der Waals surface area contributed by atoms with Gasteiger partial charge in [0.1, 0.15) is 5.60 Å². The summed E-state index contributed by atoms with van der Waals surface area (Å²) < 4.78 is 5.81. The summed E-state index contributed by atoms with van der Waals surface area (Å²) in [5.41, 5.74) is -1.20. The van der Waals surface area contributed by atoms with E-state index < -0.39 is 11.1 Å². The van der Waals surface area contributed by atoms with Gasteiger partial charge in [0, 0.05) is 0 Å². The van der Waals surface area contributed by atoms with Crippen molar-refractivity contribution in [3.63, 3.8) is 0 Å². The Morgan fingerprint density at radius 2 is 2.29 bits per heavy atom. The molecule has 2 aliphatic heterocycles. The van der Waals surface area contributed by atoms with Gasteiger partial charge in [0.2, 0.25) is 5.91 Å². The predicted molar refractivity (Wildman–Crippen MR) is 50.7 cm³/mol. The van der Waals surface area contributed by atoms with Crippen LogP contribution < -0.4 is 5.32 Å². The zero-order valence-electron chi connectivity index (χ0n) is 8.83. The highest BCUT2D eigenvalue weighted by Crippen LogP contribution is 2.47. The van der Waals surface area contributed by atoms with Crippen molar-refractivity contribution in [2.24, 2.45) is 5.92 Å². The predicted octanol–water partition coefficient (Wildman–Crippen LogP) is 0.0509. The molecular formula is C10H17NO3. The molecule has 1 amide bonds. The summed E-state index contributed by atoms with van der Waals surface area (Å²) in [5, 5.41) is 12.2. The van der Waals surface area contributed by atoms with Gasteiger partial charge in [-0.2, -0.15) is 0 Å². The Bertz CT molecular complexity index is 281. The molecule has 0 saturated carbocycles. The minimum absolute atomic E-state index is 0.00778. The van der Waals surface area contributed by atoms with E-state index in [4.69, 9.17) is 4.74 Å². The fourth-order valence-electron chi connectivity index (χ4n) is 2.66. The molecule has 4 atom stereocenters. The van der Waals surface area contributed by atoms with E-state index in [1.807, 2.05) is 20.8 Å². The fraction of sp³-hybridized carbons (Fsp3) is 0.900. The summed E-state index contributed by atoms with van der Waals surface area (Å²) in [7, 11) is 0. The van der Waals surface area contributed by atoms with E-state index in [-0.39, 0.29) is 24.5 Å². The Morgan fingerprint density at radius 1 is 1.64 bits per heavy atom. The van der Waals surface area contributed by atoms with Crippen LogP contribution in [-0.4, -0.2) is 34.9 Å². The molecule has 2 aliphatic rings. The van der Waals surface area contributed by atoms with E-state index in [9.17, 15) is 9.90 Å². The number of nitrogens with one attached hydrogen (secondary N) is 1. The van der Waals surface area contributed by atoms with Gasteiger partial charge in [-0.1, -0.05) is 0 Å². The first-order valence-electron chi connectivity index (χ1n) is 5.03. The van der Waals surface area contributed by atoms with Gasteiger partial charge in [0.25, 0.3) is 0 Å². The summed E-state index contributed by atoms with van der Waals surface area (Å²) in [5.74, 6) is -0.108. The highest BCUT2D eigenvalue weighted by atomic mass is 16.5. The largest absolute Gasteiger partial charge is 0.394 e. The molecule has 4 nitrogen and oxygen atoms in total. The second-order valence-electron chi connectivity index (χ2n) is 4.80. The van der Waals surface area contributed by atoms with Crippen molar-refractivity contribution in [2.75, 3.05) is 6.61 Å². The molecule has 80 valence electrons. The van der Waals surface area contributed by atoms with Crippen LogP contribution in [0.25, 0.3) is 0 Å². The molecule has 4 heteroatoms. The molecule has 14 heavy (non-hydrogen) atoms. The highest BCUT2D eigenvalue weighted by Gasteiger charge is 2.63. The van der Waals surface area contributed by atoms with Crippen LogP contribution in [0.3, 0.4) is 0 Å². The Hall–Kier alpha value is -0.610. The van der Waals surface area contributed by atoms with Gasteiger partial charge in [-0.15, -0.1) is 0 Å². The van der Waals surface area contributed by atoms with E-state index in [0.717, 1.165) is 6.42 Å². The molecular weight excluding hydrogens is 182 g/mol. The van der Waals surface area contributed by atoms with Crippen LogP contribution >= 0.6 is 0 Å². The number of carbonyl (C=O) groups excluding carboxylic acids is 1. The molecule has 2 saturated heterocycles. The van der Waals surface area contributed by atoms with Gasteiger partial charge in [-0.05, 0) is 27.2 Å². The van der Waals surface area contributed by atoms with Crippen molar-refractivity contribution in [3.05, 3.63) is 0 Å². The van der Waals surface area contributed by atoms with E-state index in [2.05, 4.69) is 5.32 Å². The number of fused-ring (bicyclic) bond motifs is 1. The number of aliphatic hydroxyl groups excluding tert-OH is 1. The first-order chi connectivity index (χ1) is 6.43. The smallest absolute Gasteiger partial charge is 0.226 e. The Balaban J connectivity index is 2.38. The van der Waals surface area contributed by atoms with Gasteiger partial charge >= 0.3 is 0 Å². The van der Waals surface area contributed by atoms with Crippen LogP contribution in [0.2, 0.25) is 0 Å². The Labute approximate surface area is 83.6 Å².